The van der Waals surface area contributed by atoms with E-state index >= 15 is 0 Å². The zero-order valence-electron chi connectivity index (χ0n) is 13.3. The average Bonchev–Trinajstić information content (AvgIpc) is 2.40. The van der Waals surface area contributed by atoms with Crippen molar-refractivity contribution >= 4 is 23.2 Å². The molecule has 118 valence electrons. The lowest BCUT2D eigenvalue weighted by atomic mass is 9.72. The first kappa shape index (κ1) is 17.1. The Kier molecular flexibility index (Phi) is 6.40. The number of hydrogen-bond donors (Lipinski definition) is 1. The van der Waals surface area contributed by atoms with Crippen molar-refractivity contribution in [2.75, 3.05) is 6.54 Å². The maximum absolute atomic E-state index is 6.36. The van der Waals surface area contributed by atoms with Gasteiger partial charge >= 0.3 is 0 Å². The molecule has 21 heavy (non-hydrogen) atoms. The summed E-state index contributed by atoms with van der Waals surface area (Å²) in [7, 11) is 0. The lowest BCUT2D eigenvalue weighted by Gasteiger charge is -2.37. The van der Waals surface area contributed by atoms with E-state index < -0.39 is 0 Å². The smallest absolute Gasteiger partial charge is 0.0453 e. The Hall–Kier alpha value is -0.240. The van der Waals surface area contributed by atoms with Crippen molar-refractivity contribution in [3.63, 3.8) is 0 Å². The fourth-order valence-corrected chi connectivity index (χ4v) is 4.50. The monoisotopic (exact) mass is 327 g/mol. The van der Waals surface area contributed by atoms with Crippen LogP contribution >= 0.6 is 23.2 Å². The van der Waals surface area contributed by atoms with Crippen molar-refractivity contribution < 1.29 is 0 Å². The highest BCUT2D eigenvalue weighted by atomic mass is 35.5. The van der Waals surface area contributed by atoms with E-state index in [4.69, 9.17) is 23.2 Å². The van der Waals surface area contributed by atoms with Gasteiger partial charge < -0.3 is 5.32 Å². The van der Waals surface area contributed by atoms with Crippen LogP contribution in [-0.2, 0) is 6.42 Å². The molecule has 1 aromatic carbocycles. The summed E-state index contributed by atoms with van der Waals surface area (Å²) in [6.45, 7) is 7.94. The Morgan fingerprint density at radius 1 is 1.10 bits per heavy atom. The number of halogens is 2. The SMILES string of the molecule is CCNC(Cc1c(Cl)cccc1Cl)C1CC(C)CC(C)C1. The van der Waals surface area contributed by atoms with Crippen molar-refractivity contribution in [1.29, 1.82) is 0 Å². The highest BCUT2D eigenvalue weighted by Crippen LogP contribution is 2.36. The van der Waals surface area contributed by atoms with Crippen LogP contribution in [0.2, 0.25) is 10.0 Å². The van der Waals surface area contributed by atoms with Gasteiger partial charge in [0, 0.05) is 16.1 Å². The van der Waals surface area contributed by atoms with E-state index in [9.17, 15) is 0 Å². The van der Waals surface area contributed by atoms with Crippen LogP contribution in [0.4, 0.5) is 0 Å². The largest absolute Gasteiger partial charge is 0.314 e. The molecule has 0 saturated heterocycles. The summed E-state index contributed by atoms with van der Waals surface area (Å²) in [6, 6.07) is 6.27. The summed E-state index contributed by atoms with van der Waals surface area (Å²) in [4.78, 5) is 0. The fraction of sp³-hybridized carbons (Fsp3) is 0.667. The first-order valence-corrected chi connectivity index (χ1v) is 8.93. The summed E-state index contributed by atoms with van der Waals surface area (Å²) in [6.07, 6.45) is 4.91. The molecule has 0 aliphatic heterocycles. The van der Waals surface area contributed by atoms with Crippen LogP contribution in [0.15, 0.2) is 18.2 Å². The number of likely N-dealkylation sites (N-methyl/N-ethyl adjacent to an activating group) is 1. The topological polar surface area (TPSA) is 12.0 Å². The highest BCUT2D eigenvalue weighted by Gasteiger charge is 2.30. The van der Waals surface area contributed by atoms with Crippen molar-refractivity contribution in [2.45, 2.75) is 52.5 Å². The zero-order chi connectivity index (χ0) is 15.4. The molecular formula is C18H27Cl2N. The van der Waals surface area contributed by atoms with Gasteiger partial charge in [-0.2, -0.15) is 0 Å². The Morgan fingerprint density at radius 3 is 2.19 bits per heavy atom. The van der Waals surface area contributed by atoms with Crippen LogP contribution < -0.4 is 5.32 Å². The second-order valence-corrected chi connectivity index (χ2v) is 7.56. The third kappa shape index (κ3) is 4.61. The van der Waals surface area contributed by atoms with E-state index in [-0.39, 0.29) is 0 Å². The summed E-state index contributed by atoms with van der Waals surface area (Å²) in [5, 5.41) is 5.27. The van der Waals surface area contributed by atoms with Gasteiger partial charge in [-0.25, -0.2) is 0 Å². The number of hydrogen-bond acceptors (Lipinski definition) is 1. The molecule has 0 aromatic heterocycles. The molecule has 0 radical (unpaired) electrons. The molecule has 1 aliphatic carbocycles. The quantitative estimate of drug-likeness (QED) is 0.743. The molecule has 0 spiro atoms. The van der Waals surface area contributed by atoms with Gasteiger partial charge in [0.15, 0.2) is 0 Å². The Balaban J connectivity index is 2.15. The molecule has 1 nitrogen and oxygen atoms in total. The molecule has 1 saturated carbocycles. The average molecular weight is 328 g/mol. The summed E-state index contributed by atoms with van der Waals surface area (Å²) in [5.74, 6) is 2.36. The van der Waals surface area contributed by atoms with Crippen LogP contribution in [0.5, 0.6) is 0 Å². The van der Waals surface area contributed by atoms with Gasteiger partial charge in [-0.15, -0.1) is 0 Å². The summed E-state index contributed by atoms with van der Waals surface area (Å²) < 4.78 is 0. The van der Waals surface area contributed by atoms with E-state index in [1.54, 1.807) is 0 Å². The molecule has 0 bridgehead atoms. The van der Waals surface area contributed by atoms with Gasteiger partial charge in [-0.1, -0.05) is 50.0 Å². The molecule has 3 unspecified atom stereocenters. The Bertz CT molecular complexity index is 430. The van der Waals surface area contributed by atoms with Gasteiger partial charge in [-0.3, -0.25) is 0 Å². The maximum atomic E-state index is 6.36. The van der Waals surface area contributed by atoms with Gasteiger partial charge in [-0.05, 0) is 67.7 Å². The molecular weight excluding hydrogens is 301 g/mol. The van der Waals surface area contributed by atoms with Crippen LogP contribution in [0, 0.1) is 17.8 Å². The number of nitrogens with one attached hydrogen (secondary N) is 1. The Labute approximate surface area is 139 Å². The summed E-state index contributed by atoms with van der Waals surface area (Å²) in [5.41, 5.74) is 1.10. The van der Waals surface area contributed by atoms with E-state index in [1.165, 1.54) is 19.3 Å². The molecule has 1 aliphatic rings. The minimum Gasteiger partial charge on any atom is -0.314 e. The van der Waals surface area contributed by atoms with Crippen LogP contribution in [-0.4, -0.2) is 12.6 Å². The summed E-state index contributed by atoms with van der Waals surface area (Å²) >= 11 is 12.7. The molecule has 2 rings (SSSR count). The molecule has 3 atom stereocenters. The van der Waals surface area contributed by atoms with Crippen LogP contribution in [0.3, 0.4) is 0 Å². The predicted octanol–water partition coefficient (Wildman–Crippen LogP) is 5.59. The first-order chi connectivity index (χ1) is 10.0. The van der Waals surface area contributed by atoms with Crippen LogP contribution in [0.1, 0.15) is 45.6 Å². The number of rotatable bonds is 5. The second kappa shape index (κ2) is 7.85. The normalized spacial score (nSPS) is 27.6. The molecule has 0 amide bonds. The van der Waals surface area contributed by atoms with Gasteiger partial charge in [0.2, 0.25) is 0 Å². The number of benzene rings is 1. The van der Waals surface area contributed by atoms with Crippen LogP contribution in [0.25, 0.3) is 0 Å². The third-order valence-electron chi connectivity index (χ3n) is 4.74. The van der Waals surface area contributed by atoms with E-state index in [1.807, 2.05) is 18.2 Å². The molecule has 0 heterocycles. The van der Waals surface area contributed by atoms with E-state index in [2.05, 4.69) is 26.1 Å². The fourth-order valence-electron chi connectivity index (χ4n) is 3.95. The van der Waals surface area contributed by atoms with Gasteiger partial charge in [0.25, 0.3) is 0 Å². The minimum atomic E-state index is 0.470. The minimum absolute atomic E-state index is 0.470. The Morgan fingerprint density at radius 2 is 1.67 bits per heavy atom. The van der Waals surface area contributed by atoms with E-state index in [0.29, 0.717) is 6.04 Å². The predicted molar refractivity (Wildman–Crippen MR) is 93.3 cm³/mol. The second-order valence-electron chi connectivity index (χ2n) is 6.75. The molecule has 3 heteroatoms. The van der Waals surface area contributed by atoms with Gasteiger partial charge in [0.1, 0.15) is 0 Å². The van der Waals surface area contributed by atoms with Crippen molar-refractivity contribution in [1.82, 2.24) is 5.32 Å². The van der Waals surface area contributed by atoms with Gasteiger partial charge in [0.05, 0.1) is 0 Å². The standard InChI is InChI=1S/C18H27Cl2N/c1-4-21-18(14-9-12(2)8-13(3)10-14)11-15-16(19)6-5-7-17(15)20/h5-7,12-14,18,21H,4,8-11H2,1-3H3. The van der Waals surface area contributed by atoms with Crippen molar-refractivity contribution in [2.24, 2.45) is 17.8 Å². The van der Waals surface area contributed by atoms with Crippen molar-refractivity contribution in [3.8, 4) is 0 Å². The van der Waals surface area contributed by atoms with Crippen molar-refractivity contribution in [3.05, 3.63) is 33.8 Å². The molecule has 1 aromatic rings. The zero-order valence-corrected chi connectivity index (χ0v) is 14.8. The highest BCUT2D eigenvalue weighted by molar-refractivity contribution is 6.36. The molecule has 1 fully saturated rings. The maximum Gasteiger partial charge on any atom is 0.0453 e. The first-order valence-electron chi connectivity index (χ1n) is 8.17. The van der Waals surface area contributed by atoms with E-state index in [0.717, 1.165) is 46.3 Å². The lowest BCUT2D eigenvalue weighted by molar-refractivity contribution is 0.176. The molecule has 1 N–H and O–H groups in total. The lowest BCUT2D eigenvalue weighted by Crippen LogP contribution is -2.41. The third-order valence-corrected chi connectivity index (χ3v) is 5.44.